The summed E-state index contributed by atoms with van der Waals surface area (Å²) in [4.78, 5) is 23.7. The van der Waals surface area contributed by atoms with Gasteiger partial charge in [0.15, 0.2) is 0 Å². The number of hydrogen-bond acceptors (Lipinski definition) is 6. The highest BCUT2D eigenvalue weighted by atomic mass is 32.2. The molecule has 0 bridgehead atoms. The van der Waals surface area contributed by atoms with E-state index in [-0.39, 0.29) is 22.1 Å². The van der Waals surface area contributed by atoms with Crippen molar-refractivity contribution in [2.45, 2.75) is 24.3 Å². The molecule has 8 heteroatoms. The fourth-order valence-corrected chi connectivity index (χ4v) is 5.17. The van der Waals surface area contributed by atoms with Crippen molar-refractivity contribution in [3.8, 4) is 0 Å². The quantitative estimate of drug-likeness (QED) is 0.746. The fourth-order valence-electron chi connectivity index (χ4n) is 3.27. The van der Waals surface area contributed by atoms with Crippen LogP contribution in [-0.4, -0.2) is 40.6 Å². The molecule has 1 aliphatic heterocycles. The summed E-state index contributed by atoms with van der Waals surface area (Å²) in [7, 11) is -1.76. The molecule has 0 radical (unpaired) electrons. The summed E-state index contributed by atoms with van der Waals surface area (Å²) < 4.78 is 37.6. The number of carbonyl (C=O) groups is 2. The van der Waals surface area contributed by atoms with Gasteiger partial charge in [0, 0.05) is 6.04 Å². The summed E-state index contributed by atoms with van der Waals surface area (Å²) in [5.74, 6) is -1.50. The van der Waals surface area contributed by atoms with E-state index in [4.69, 9.17) is 4.74 Å². The molecular formula is C19H19NO6S. The monoisotopic (exact) mass is 389 g/mol. The van der Waals surface area contributed by atoms with Crippen LogP contribution in [0.5, 0.6) is 0 Å². The average Bonchev–Trinajstić information content (AvgIpc) is 3.02. The number of sulfonamides is 1. The molecule has 0 saturated carbocycles. The number of benzene rings is 2. The lowest BCUT2D eigenvalue weighted by Crippen LogP contribution is -2.36. The molecule has 27 heavy (non-hydrogen) atoms. The SMILES string of the molecule is COC(=O)c1ccc(C(=O)OC)c(S(=O)(=O)N2c3ccccc3C[C@@H]2C)c1. The summed E-state index contributed by atoms with van der Waals surface area (Å²) in [6.45, 7) is 1.79. The Balaban J connectivity index is 2.21. The lowest BCUT2D eigenvalue weighted by atomic mass is 10.1. The lowest BCUT2D eigenvalue weighted by molar-refractivity contribution is 0.0583. The molecule has 0 unspecified atom stereocenters. The number of ether oxygens (including phenoxy) is 2. The Morgan fingerprint density at radius 1 is 1.04 bits per heavy atom. The molecule has 0 aromatic heterocycles. The van der Waals surface area contributed by atoms with E-state index < -0.39 is 22.0 Å². The first-order valence-electron chi connectivity index (χ1n) is 8.24. The molecule has 0 aliphatic carbocycles. The van der Waals surface area contributed by atoms with Crippen LogP contribution in [-0.2, 0) is 25.9 Å². The number of hydrogen-bond donors (Lipinski definition) is 0. The summed E-state index contributed by atoms with van der Waals surface area (Å²) in [5, 5.41) is 0. The minimum Gasteiger partial charge on any atom is -0.465 e. The van der Waals surface area contributed by atoms with Gasteiger partial charge in [0.05, 0.1) is 31.0 Å². The Morgan fingerprint density at radius 3 is 2.37 bits per heavy atom. The molecule has 0 fully saturated rings. The Bertz CT molecular complexity index is 1010. The third-order valence-electron chi connectivity index (χ3n) is 4.49. The Labute approximate surface area is 157 Å². The van der Waals surface area contributed by atoms with Crippen LogP contribution in [0, 0.1) is 0 Å². The van der Waals surface area contributed by atoms with Crippen molar-refractivity contribution >= 4 is 27.6 Å². The van der Waals surface area contributed by atoms with Crippen molar-refractivity contribution in [3.63, 3.8) is 0 Å². The number of para-hydroxylation sites is 1. The molecular weight excluding hydrogens is 370 g/mol. The van der Waals surface area contributed by atoms with Crippen LogP contribution in [0.2, 0.25) is 0 Å². The molecule has 0 spiro atoms. The van der Waals surface area contributed by atoms with E-state index in [0.29, 0.717) is 12.1 Å². The summed E-state index contributed by atoms with van der Waals surface area (Å²) in [6, 6.07) is 10.6. The third-order valence-corrected chi connectivity index (χ3v) is 6.46. The van der Waals surface area contributed by atoms with E-state index in [1.54, 1.807) is 19.1 Å². The van der Waals surface area contributed by atoms with Gasteiger partial charge in [-0.25, -0.2) is 18.0 Å². The van der Waals surface area contributed by atoms with Gasteiger partial charge in [-0.15, -0.1) is 0 Å². The first-order chi connectivity index (χ1) is 12.8. The zero-order valence-electron chi connectivity index (χ0n) is 15.1. The Morgan fingerprint density at radius 2 is 1.70 bits per heavy atom. The topological polar surface area (TPSA) is 90.0 Å². The predicted octanol–water partition coefficient (Wildman–Crippen LogP) is 2.40. The van der Waals surface area contributed by atoms with Crippen molar-refractivity contribution < 1.29 is 27.5 Å². The van der Waals surface area contributed by atoms with Crippen LogP contribution in [0.3, 0.4) is 0 Å². The summed E-state index contributed by atoms with van der Waals surface area (Å²) in [6.07, 6.45) is 0.555. The molecule has 2 aromatic carbocycles. The minimum atomic E-state index is -4.13. The van der Waals surface area contributed by atoms with E-state index >= 15 is 0 Å². The number of carbonyl (C=O) groups excluding carboxylic acids is 2. The number of methoxy groups -OCH3 is 2. The van der Waals surface area contributed by atoms with Gasteiger partial charge in [0.2, 0.25) is 0 Å². The smallest absolute Gasteiger partial charge is 0.339 e. The lowest BCUT2D eigenvalue weighted by Gasteiger charge is -2.25. The van der Waals surface area contributed by atoms with E-state index in [0.717, 1.165) is 11.6 Å². The van der Waals surface area contributed by atoms with Crippen LogP contribution in [0.25, 0.3) is 0 Å². The zero-order valence-corrected chi connectivity index (χ0v) is 15.9. The van der Waals surface area contributed by atoms with E-state index in [9.17, 15) is 18.0 Å². The maximum atomic E-state index is 13.5. The maximum Gasteiger partial charge on any atom is 0.339 e. The van der Waals surface area contributed by atoms with Crippen molar-refractivity contribution in [1.29, 1.82) is 0 Å². The number of fused-ring (bicyclic) bond motifs is 1. The third kappa shape index (κ3) is 3.16. The first kappa shape index (κ1) is 18.9. The van der Waals surface area contributed by atoms with Gasteiger partial charge in [0.1, 0.15) is 4.90 Å². The highest BCUT2D eigenvalue weighted by Crippen LogP contribution is 2.37. The van der Waals surface area contributed by atoms with Crippen molar-refractivity contribution in [2.75, 3.05) is 18.5 Å². The van der Waals surface area contributed by atoms with Crippen LogP contribution in [0.4, 0.5) is 5.69 Å². The molecule has 0 saturated heterocycles. The Kier molecular flexibility index (Phi) is 4.93. The predicted molar refractivity (Wildman–Crippen MR) is 98.4 cm³/mol. The largest absolute Gasteiger partial charge is 0.465 e. The van der Waals surface area contributed by atoms with Crippen LogP contribution < -0.4 is 4.31 Å². The highest BCUT2D eigenvalue weighted by Gasteiger charge is 2.38. The highest BCUT2D eigenvalue weighted by molar-refractivity contribution is 7.93. The average molecular weight is 389 g/mol. The van der Waals surface area contributed by atoms with Crippen molar-refractivity contribution in [1.82, 2.24) is 0 Å². The van der Waals surface area contributed by atoms with Gasteiger partial charge in [0.25, 0.3) is 10.0 Å². The first-order valence-corrected chi connectivity index (χ1v) is 9.68. The molecule has 1 atom stereocenters. The number of esters is 2. The molecule has 1 heterocycles. The maximum absolute atomic E-state index is 13.5. The molecule has 7 nitrogen and oxygen atoms in total. The fraction of sp³-hybridized carbons (Fsp3) is 0.263. The van der Waals surface area contributed by atoms with Crippen LogP contribution in [0.15, 0.2) is 47.4 Å². The summed E-state index contributed by atoms with van der Waals surface area (Å²) in [5.41, 5.74) is 1.35. The van der Waals surface area contributed by atoms with Crippen LogP contribution in [0.1, 0.15) is 33.2 Å². The second-order valence-electron chi connectivity index (χ2n) is 6.18. The second kappa shape index (κ2) is 7.03. The van der Waals surface area contributed by atoms with Gasteiger partial charge < -0.3 is 9.47 Å². The molecule has 1 aliphatic rings. The van der Waals surface area contributed by atoms with Crippen LogP contribution >= 0.6 is 0 Å². The Hall–Kier alpha value is -2.87. The van der Waals surface area contributed by atoms with Gasteiger partial charge >= 0.3 is 11.9 Å². The van der Waals surface area contributed by atoms with E-state index in [1.165, 1.54) is 30.7 Å². The van der Waals surface area contributed by atoms with Crippen molar-refractivity contribution in [3.05, 3.63) is 59.2 Å². The van der Waals surface area contributed by atoms with Gasteiger partial charge in [-0.2, -0.15) is 0 Å². The van der Waals surface area contributed by atoms with E-state index in [1.807, 2.05) is 12.1 Å². The van der Waals surface area contributed by atoms with Crippen molar-refractivity contribution in [2.24, 2.45) is 0 Å². The summed E-state index contributed by atoms with van der Waals surface area (Å²) >= 11 is 0. The molecule has 2 aromatic rings. The minimum absolute atomic E-state index is 0.0314. The van der Waals surface area contributed by atoms with Gasteiger partial charge in [-0.3, -0.25) is 4.31 Å². The number of anilines is 1. The van der Waals surface area contributed by atoms with E-state index in [2.05, 4.69) is 4.74 Å². The standard InChI is InChI=1S/C19H19NO6S/c1-12-10-13-6-4-5-7-16(13)20(12)27(23,24)17-11-14(18(21)25-2)8-9-15(17)19(22)26-3/h4-9,11-12H,10H2,1-3H3/t12-/m0/s1. The number of nitrogens with zero attached hydrogens (tertiary/aromatic N) is 1. The number of rotatable bonds is 4. The molecule has 142 valence electrons. The normalized spacial score (nSPS) is 16.0. The molecule has 0 amide bonds. The van der Waals surface area contributed by atoms with Gasteiger partial charge in [-0.05, 0) is 43.2 Å². The molecule has 0 N–H and O–H groups in total. The molecule has 3 rings (SSSR count). The van der Waals surface area contributed by atoms with Gasteiger partial charge in [-0.1, -0.05) is 18.2 Å². The second-order valence-corrected chi connectivity index (χ2v) is 7.96. The zero-order chi connectivity index (χ0) is 19.8.